The van der Waals surface area contributed by atoms with E-state index in [0.717, 1.165) is 30.6 Å². The molecule has 2 fully saturated rings. The minimum Gasteiger partial charge on any atom is -0.379 e. The highest BCUT2D eigenvalue weighted by molar-refractivity contribution is 6.76. The number of aromatic nitrogens is 5. The number of imidazole rings is 1. The van der Waals surface area contributed by atoms with Crippen LogP contribution in [0.4, 0.5) is 10.1 Å². The van der Waals surface area contributed by atoms with Gasteiger partial charge in [0.1, 0.15) is 24.7 Å². The lowest BCUT2D eigenvalue weighted by Gasteiger charge is -2.31. The van der Waals surface area contributed by atoms with Gasteiger partial charge in [-0.25, -0.2) is 9.67 Å². The second-order valence-corrected chi connectivity index (χ2v) is 28.0. The van der Waals surface area contributed by atoms with Crippen molar-refractivity contribution in [2.45, 2.75) is 104 Å². The van der Waals surface area contributed by atoms with E-state index in [1.165, 1.54) is 17.7 Å². The molecule has 1 saturated carbocycles. The smallest absolute Gasteiger partial charge is 0.241 e. The number of halogens is 1. The first-order chi connectivity index (χ1) is 22.6. The first-order valence-electron chi connectivity index (χ1n) is 17.6. The fourth-order valence-corrected chi connectivity index (χ4v) is 8.26. The van der Waals surface area contributed by atoms with Crippen molar-refractivity contribution in [3.05, 3.63) is 23.3 Å². The summed E-state index contributed by atoms with van der Waals surface area (Å²) in [6, 6.07) is 3.25. The molecule has 264 valence electrons. The lowest BCUT2D eigenvalue weighted by atomic mass is 9.87. The Morgan fingerprint density at radius 3 is 2.42 bits per heavy atom. The van der Waals surface area contributed by atoms with Gasteiger partial charge in [0.15, 0.2) is 11.5 Å². The largest absolute Gasteiger partial charge is 0.379 e. The van der Waals surface area contributed by atoms with E-state index < -0.39 is 28.1 Å². The molecule has 3 atom stereocenters. The Labute approximate surface area is 285 Å². The number of nitrogens with zero attached hydrogens (tertiary/aromatic N) is 6. The maximum Gasteiger partial charge on any atom is 0.241 e. The number of ether oxygens (including phenoxy) is 3. The first kappa shape index (κ1) is 35.3. The maximum atomic E-state index is 15.7. The molecule has 0 spiro atoms. The fourth-order valence-electron chi connectivity index (χ4n) is 6.75. The fraction of sp³-hybridized carbons (Fsp3) is 0.706. The number of hydrogen-bond donors (Lipinski definition) is 1. The van der Waals surface area contributed by atoms with Crippen LogP contribution in [0.3, 0.4) is 0 Å². The van der Waals surface area contributed by atoms with Gasteiger partial charge in [-0.1, -0.05) is 46.2 Å². The quantitative estimate of drug-likeness (QED) is 0.127. The molecule has 3 aliphatic rings. The zero-order chi connectivity index (χ0) is 34.4. The summed E-state index contributed by atoms with van der Waals surface area (Å²) in [5.74, 6) is 0.180. The third-order valence-corrected chi connectivity index (χ3v) is 13.7. The van der Waals surface area contributed by atoms with Gasteiger partial charge in [-0.3, -0.25) is 14.3 Å². The molecule has 1 saturated heterocycles. The van der Waals surface area contributed by atoms with E-state index in [-0.39, 0.29) is 18.3 Å². The van der Waals surface area contributed by atoms with Gasteiger partial charge < -0.3 is 19.5 Å². The van der Waals surface area contributed by atoms with E-state index in [2.05, 4.69) is 56.5 Å². The van der Waals surface area contributed by atoms with Gasteiger partial charge in [-0.15, -0.1) is 0 Å². The average molecular weight is 700 g/mol. The highest BCUT2D eigenvalue weighted by atomic mass is 28.3. The number of fused-ring (bicyclic) bond motifs is 3. The highest BCUT2D eigenvalue weighted by Crippen LogP contribution is 2.60. The Kier molecular flexibility index (Phi) is 10.1. The van der Waals surface area contributed by atoms with Crippen molar-refractivity contribution in [3.63, 3.8) is 0 Å². The van der Waals surface area contributed by atoms with Crippen LogP contribution in [-0.2, 0) is 45.3 Å². The minimum atomic E-state index is -1.32. The number of anilines is 1. The molecular weight excluding hydrogens is 646 g/mol. The summed E-state index contributed by atoms with van der Waals surface area (Å²) in [6.07, 6.45) is 3.08. The Balaban J connectivity index is 1.34. The van der Waals surface area contributed by atoms with Crippen LogP contribution in [0.5, 0.6) is 0 Å². The molecule has 6 rings (SSSR count). The van der Waals surface area contributed by atoms with Crippen LogP contribution in [0.15, 0.2) is 6.07 Å². The van der Waals surface area contributed by atoms with Crippen LogP contribution < -0.4 is 5.32 Å². The molecule has 1 amide bonds. The van der Waals surface area contributed by atoms with Crippen LogP contribution in [0.2, 0.25) is 51.4 Å². The Morgan fingerprint density at radius 2 is 1.75 bits per heavy atom. The number of amides is 1. The van der Waals surface area contributed by atoms with Crippen molar-refractivity contribution in [1.82, 2.24) is 29.2 Å². The number of carbonyl (C=O) groups is 1. The molecule has 11 nitrogen and oxygen atoms in total. The van der Waals surface area contributed by atoms with E-state index >= 15 is 4.39 Å². The molecule has 3 aromatic rings. The second-order valence-electron chi connectivity index (χ2n) is 16.8. The Morgan fingerprint density at radius 1 is 1.08 bits per heavy atom. The third kappa shape index (κ3) is 7.94. The summed E-state index contributed by atoms with van der Waals surface area (Å²) in [7, 11) is -2.55. The van der Waals surface area contributed by atoms with Crippen molar-refractivity contribution in [1.29, 1.82) is 0 Å². The topological polar surface area (TPSA) is 109 Å². The van der Waals surface area contributed by atoms with Gasteiger partial charge in [0.05, 0.1) is 24.9 Å². The van der Waals surface area contributed by atoms with Crippen LogP contribution in [-0.4, -0.2) is 96.8 Å². The molecule has 0 radical (unpaired) electrons. The summed E-state index contributed by atoms with van der Waals surface area (Å²) in [5.41, 5.74) is 4.35. The van der Waals surface area contributed by atoms with E-state index in [4.69, 9.17) is 24.3 Å². The zero-order valence-electron chi connectivity index (χ0n) is 30.1. The average Bonchev–Trinajstić information content (AvgIpc) is 3.40. The lowest BCUT2D eigenvalue weighted by molar-refractivity contribution is -0.122. The summed E-state index contributed by atoms with van der Waals surface area (Å²) < 4.78 is 37.4. The predicted molar refractivity (Wildman–Crippen MR) is 191 cm³/mol. The molecule has 14 heteroatoms. The monoisotopic (exact) mass is 699 g/mol. The van der Waals surface area contributed by atoms with Crippen LogP contribution in [0.1, 0.15) is 31.5 Å². The SMILES string of the molecule is C[C@@H](C(=O)Nc1cc2nc(-c3nn(COCC[Si](C)(C)C)c4c3C[C@@H]3C[C@]3(C)C4)n(COCC[Si](C)(C)C)c2nc1F)N1CCOCC1. The van der Waals surface area contributed by atoms with E-state index in [1.54, 1.807) is 6.07 Å². The molecular formula is C34H54FN7O4Si2. The number of rotatable bonds is 14. The summed E-state index contributed by atoms with van der Waals surface area (Å²) in [6.45, 7) is 22.5. The van der Waals surface area contributed by atoms with Gasteiger partial charge in [0, 0.05) is 53.7 Å². The number of carbonyl (C=O) groups excluding carboxylic acids is 1. The van der Waals surface area contributed by atoms with E-state index in [9.17, 15) is 4.79 Å². The highest BCUT2D eigenvalue weighted by Gasteiger charge is 2.54. The summed E-state index contributed by atoms with van der Waals surface area (Å²) in [5, 5.41) is 7.92. The van der Waals surface area contributed by atoms with Crippen molar-refractivity contribution >= 4 is 38.9 Å². The Hall–Kier alpha value is -2.50. The minimum absolute atomic E-state index is 0.0144. The van der Waals surface area contributed by atoms with Crippen LogP contribution in [0.25, 0.3) is 22.7 Å². The van der Waals surface area contributed by atoms with Crippen molar-refractivity contribution in [3.8, 4) is 11.5 Å². The van der Waals surface area contributed by atoms with Crippen LogP contribution >= 0.6 is 0 Å². The summed E-state index contributed by atoms with van der Waals surface area (Å²) >= 11 is 0. The van der Waals surface area contributed by atoms with Gasteiger partial charge in [-0.05, 0) is 55.7 Å². The Bertz CT molecular complexity index is 1640. The molecule has 2 aliphatic carbocycles. The molecule has 4 heterocycles. The maximum absolute atomic E-state index is 15.7. The molecule has 0 unspecified atom stereocenters. The molecule has 3 aromatic heterocycles. The van der Waals surface area contributed by atoms with Crippen LogP contribution in [0, 0.1) is 17.3 Å². The van der Waals surface area contributed by atoms with E-state index in [1.807, 2.05) is 21.1 Å². The first-order valence-corrected chi connectivity index (χ1v) is 25.0. The number of morpholine rings is 1. The van der Waals surface area contributed by atoms with Gasteiger partial charge in [0.2, 0.25) is 11.9 Å². The van der Waals surface area contributed by atoms with Crippen molar-refractivity contribution in [2.75, 3.05) is 44.8 Å². The standard InChI is InChI=1S/C34H54FN7O4Si2/c1-23(40-9-11-44-12-10-40)33(43)37-26-18-27-31(38-30(26)35)41(21-45-13-15-47(3,4)5)32(36-27)29-25-17-24-19-34(24,2)20-28(25)42(39-29)22-46-14-16-48(6,7)8/h18,23-24H,9-17,19-22H2,1-8H3,(H,37,43)/t23-,24+,34+/m0/s1. The zero-order valence-corrected chi connectivity index (χ0v) is 32.1. The number of nitrogens with one attached hydrogen (secondary N) is 1. The van der Waals surface area contributed by atoms with Gasteiger partial charge in [0.25, 0.3) is 0 Å². The molecule has 1 N–H and O–H groups in total. The molecule has 0 bridgehead atoms. The molecule has 48 heavy (non-hydrogen) atoms. The number of hydrogen-bond acceptors (Lipinski definition) is 8. The normalized spacial score (nSPS) is 22.1. The summed E-state index contributed by atoms with van der Waals surface area (Å²) in [4.78, 5) is 24.6. The third-order valence-electron chi connectivity index (χ3n) is 10.3. The second kappa shape index (κ2) is 13.7. The van der Waals surface area contributed by atoms with Crippen molar-refractivity contribution < 1.29 is 23.4 Å². The van der Waals surface area contributed by atoms with Gasteiger partial charge >= 0.3 is 0 Å². The molecule has 0 aromatic carbocycles. The predicted octanol–water partition coefficient (Wildman–Crippen LogP) is 5.84. The van der Waals surface area contributed by atoms with E-state index in [0.29, 0.717) is 74.6 Å². The lowest BCUT2D eigenvalue weighted by Crippen LogP contribution is -2.47. The number of pyridine rings is 1. The molecule has 1 aliphatic heterocycles. The van der Waals surface area contributed by atoms with Gasteiger partial charge in [-0.2, -0.15) is 14.5 Å². The van der Waals surface area contributed by atoms with Crippen molar-refractivity contribution in [2.24, 2.45) is 11.3 Å².